The van der Waals surface area contributed by atoms with Gasteiger partial charge in [0.2, 0.25) is 15.9 Å². The Morgan fingerprint density at radius 1 is 0.868 bits per heavy atom. The molecule has 1 aliphatic heterocycles. The number of piperidine rings is 1. The number of amides is 3. The number of ether oxygens (including phenoxy) is 2. The molecule has 4 rings (SSSR count). The molecule has 12 nitrogen and oxygen atoms in total. The van der Waals surface area contributed by atoms with E-state index >= 15 is 0 Å². The lowest BCUT2D eigenvalue weighted by molar-refractivity contribution is -0.134. The average molecular weight is 746 g/mol. The third kappa shape index (κ3) is 14.2. The number of nitrogens with one attached hydrogen (secondary N) is 3. The zero-order valence-electron chi connectivity index (χ0n) is 30.8. The molecular formula is C40H51N5O7S. The number of carbonyl (C=O) groups is 3. The monoisotopic (exact) mass is 745 g/mol. The second-order valence-electron chi connectivity index (χ2n) is 14.3. The highest BCUT2D eigenvalue weighted by molar-refractivity contribution is 7.89. The molecule has 0 spiro atoms. The Morgan fingerprint density at radius 3 is 2.26 bits per heavy atom. The van der Waals surface area contributed by atoms with Crippen LogP contribution in [-0.2, 0) is 43.7 Å². The molecule has 1 saturated heterocycles. The summed E-state index contributed by atoms with van der Waals surface area (Å²) in [4.78, 5) is 39.8. The Bertz CT molecular complexity index is 1810. The smallest absolute Gasteiger partial charge is 0.407 e. The van der Waals surface area contributed by atoms with Crippen molar-refractivity contribution in [2.75, 3.05) is 26.2 Å². The summed E-state index contributed by atoms with van der Waals surface area (Å²) in [5.74, 6) is -0.0318. The fraction of sp³-hybridized carbons (Fsp3) is 0.450. The Labute approximate surface area is 313 Å². The standard InChI is InChI=1S/C40H51N5O7S/c1-40(2,3)52-39(48)43-22-18-30-19-23-45(24-20-30)37(46)36(27-33-15-9-16-34(25-33)28-41)44-53(49,50)35-17-10-14-31(26-35)11-7-8-21-42-38(47)51-29-32-12-5-4-6-13-32/h4-6,9-10,12-17,25-26,30,36,44H,7-8,11,18-24,27,29H2,1-3H3,(H,42,47)(H,43,48)/t36-/m0/s1. The van der Waals surface area contributed by atoms with Crippen molar-refractivity contribution in [3.63, 3.8) is 0 Å². The largest absolute Gasteiger partial charge is 0.445 e. The summed E-state index contributed by atoms with van der Waals surface area (Å²) in [7, 11) is -4.11. The maximum absolute atomic E-state index is 14.0. The van der Waals surface area contributed by atoms with Crippen LogP contribution in [0.25, 0.3) is 0 Å². The highest BCUT2D eigenvalue weighted by Gasteiger charge is 2.32. The molecule has 284 valence electrons. The molecule has 3 N–H and O–H groups in total. The van der Waals surface area contributed by atoms with Gasteiger partial charge in [0.05, 0.1) is 16.5 Å². The maximum atomic E-state index is 14.0. The number of sulfonamides is 1. The van der Waals surface area contributed by atoms with Crippen molar-refractivity contribution < 1.29 is 32.3 Å². The van der Waals surface area contributed by atoms with E-state index in [1.165, 1.54) is 6.07 Å². The van der Waals surface area contributed by atoms with Gasteiger partial charge in [-0.3, -0.25) is 4.79 Å². The molecule has 0 aliphatic carbocycles. The molecular weight excluding hydrogens is 695 g/mol. The number of nitriles is 1. The predicted molar refractivity (Wildman–Crippen MR) is 201 cm³/mol. The highest BCUT2D eigenvalue weighted by Crippen LogP contribution is 2.23. The summed E-state index contributed by atoms with van der Waals surface area (Å²) in [5.41, 5.74) is 2.22. The fourth-order valence-corrected chi connectivity index (χ4v) is 7.34. The van der Waals surface area contributed by atoms with Gasteiger partial charge in [-0.2, -0.15) is 9.98 Å². The number of benzene rings is 3. The van der Waals surface area contributed by atoms with Gasteiger partial charge in [0, 0.05) is 26.2 Å². The van der Waals surface area contributed by atoms with Crippen molar-refractivity contribution in [3.05, 3.63) is 101 Å². The van der Waals surface area contributed by atoms with Gasteiger partial charge in [-0.25, -0.2) is 18.0 Å². The number of likely N-dealkylation sites (tertiary alicyclic amines) is 1. The molecule has 13 heteroatoms. The van der Waals surface area contributed by atoms with E-state index in [9.17, 15) is 28.1 Å². The first kappa shape index (κ1) is 40.8. The van der Waals surface area contributed by atoms with Crippen molar-refractivity contribution in [3.8, 4) is 6.07 Å². The molecule has 1 aliphatic rings. The van der Waals surface area contributed by atoms with E-state index < -0.39 is 33.9 Å². The van der Waals surface area contributed by atoms with Crippen LogP contribution in [0.3, 0.4) is 0 Å². The average Bonchev–Trinajstić information content (AvgIpc) is 3.13. The SMILES string of the molecule is CC(C)(C)OC(=O)NCCC1CCN(C(=O)[C@H](Cc2cccc(C#N)c2)NS(=O)(=O)c2cccc(CCCCNC(=O)OCc3ccccc3)c2)CC1. The molecule has 0 unspecified atom stereocenters. The lowest BCUT2D eigenvalue weighted by atomic mass is 9.93. The van der Waals surface area contributed by atoms with E-state index in [0.717, 1.165) is 30.4 Å². The van der Waals surface area contributed by atoms with Gasteiger partial charge >= 0.3 is 12.2 Å². The van der Waals surface area contributed by atoms with E-state index in [4.69, 9.17) is 9.47 Å². The minimum Gasteiger partial charge on any atom is -0.445 e. The molecule has 3 aromatic carbocycles. The minimum atomic E-state index is -4.11. The molecule has 0 bridgehead atoms. The Balaban J connectivity index is 1.32. The summed E-state index contributed by atoms with van der Waals surface area (Å²) >= 11 is 0. The van der Waals surface area contributed by atoms with Crippen molar-refractivity contribution in [1.82, 2.24) is 20.3 Å². The fourth-order valence-electron chi connectivity index (χ4n) is 6.08. The number of hydrogen-bond acceptors (Lipinski definition) is 8. The summed E-state index contributed by atoms with van der Waals surface area (Å²) < 4.78 is 40.8. The molecule has 3 amide bonds. The number of aryl methyl sites for hydroxylation is 1. The normalized spacial score (nSPS) is 14.1. The number of unbranched alkanes of at least 4 members (excludes halogenated alkanes) is 1. The topological polar surface area (TPSA) is 167 Å². The zero-order valence-corrected chi connectivity index (χ0v) is 31.6. The second kappa shape index (κ2) is 19.8. The van der Waals surface area contributed by atoms with Crippen LogP contribution >= 0.6 is 0 Å². The van der Waals surface area contributed by atoms with Gasteiger partial charge < -0.3 is 25.0 Å². The maximum Gasteiger partial charge on any atom is 0.407 e. The summed E-state index contributed by atoms with van der Waals surface area (Å²) in [6, 6.07) is 23.9. The first-order valence-electron chi connectivity index (χ1n) is 18.1. The van der Waals surface area contributed by atoms with Crippen molar-refractivity contribution in [2.24, 2.45) is 5.92 Å². The second-order valence-corrected chi connectivity index (χ2v) is 16.0. The minimum absolute atomic E-state index is 0.0531. The molecule has 1 fully saturated rings. The molecule has 53 heavy (non-hydrogen) atoms. The Morgan fingerprint density at radius 2 is 1.55 bits per heavy atom. The summed E-state index contributed by atoms with van der Waals surface area (Å²) in [5, 5.41) is 15.0. The van der Waals surface area contributed by atoms with Crippen LogP contribution in [0, 0.1) is 17.2 Å². The van der Waals surface area contributed by atoms with E-state index in [1.807, 2.05) is 57.2 Å². The van der Waals surface area contributed by atoms with Crippen LogP contribution in [-0.4, -0.2) is 69.2 Å². The summed E-state index contributed by atoms with van der Waals surface area (Å²) in [6.07, 6.45) is 3.28. The van der Waals surface area contributed by atoms with Crippen LogP contribution in [0.1, 0.15) is 75.1 Å². The van der Waals surface area contributed by atoms with E-state index in [1.54, 1.807) is 41.3 Å². The molecule has 1 atom stereocenters. The lowest BCUT2D eigenvalue weighted by Crippen LogP contribution is -2.51. The van der Waals surface area contributed by atoms with Crippen LogP contribution in [0.15, 0.2) is 83.8 Å². The predicted octanol–water partition coefficient (Wildman–Crippen LogP) is 5.85. The molecule has 1 heterocycles. The van der Waals surface area contributed by atoms with E-state index in [-0.39, 0.29) is 23.8 Å². The van der Waals surface area contributed by atoms with E-state index in [2.05, 4.69) is 21.4 Å². The van der Waals surface area contributed by atoms with Gasteiger partial charge in [-0.15, -0.1) is 0 Å². The quantitative estimate of drug-likeness (QED) is 0.154. The zero-order chi connectivity index (χ0) is 38.3. The van der Waals surface area contributed by atoms with Gasteiger partial charge in [0.15, 0.2) is 0 Å². The van der Waals surface area contributed by atoms with Crippen molar-refractivity contribution in [1.29, 1.82) is 5.26 Å². The molecule has 0 saturated carbocycles. The number of alkyl carbamates (subject to hydrolysis) is 2. The lowest BCUT2D eigenvalue weighted by Gasteiger charge is -2.34. The Kier molecular flexibility index (Phi) is 15.2. The summed E-state index contributed by atoms with van der Waals surface area (Å²) in [6.45, 7) is 7.42. The molecule has 0 radical (unpaired) electrons. The number of hydrogen-bond donors (Lipinski definition) is 3. The molecule has 3 aromatic rings. The highest BCUT2D eigenvalue weighted by atomic mass is 32.2. The van der Waals surface area contributed by atoms with Crippen LogP contribution in [0.2, 0.25) is 0 Å². The van der Waals surface area contributed by atoms with Crippen molar-refractivity contribution >= 4 is 28.1 Å². The van der Waals surface area contributed by atoms with Gasteiger partial charge in [-0.1, -0.05) is 54.6 Å². The third-order valence-electron chi connectivity index (χ3n) is 8.82. The third-order valence-corrected chi connectivity index (χ3v) is 10.3. The van der Waals surface area contributed by atoms with Crippen LogP contribution < -0.4 is 15.4 Å². The number of carbonyl (C=O) groups excluding carboxylic acids is 3. The van der Waals surface area contributed by atoms with Crippen LogP contribution in [0.4, 0.5) is 9.59 Å². The molecule has 0 aromatic heterocycles. The first-order valence-corrected chi connectivity index (χ1v) is 19.6. The van der Waals surface area contributed by atoms with E-state index in [0.29, 0.717) is 62.5 Å². The van der Waals surface area contributed by atoms with Crippen LogP contribution in [0.5, 0.6) is 0 Å². The van der Waals surface area contributed by atoms with Gasteiger partial charge in [-0.05, 0) is 113 Å². The first-order chi connectivity index (χ1) is 25.3. The van der Waals surface area contributed by atoms with Gasteiger partial charge in [0.25, 0.3) is 0 Å². The number of nitrogens with zero attached hydrogens (tertiary/aromatic N) is 2. The van der Waals surface area contributed by atoms with Gasteiger partial charge in [0.1, 0.15) is 18.2 Å². The number of rotatable bonds is 16. The Hall–Kier alpha value is -4.93. The van der Waals surface area contributed by atoms with Crippen molar-refractivity contribution in [2.45, 2.75) is 88.9 Å².